The van der Waals surface area contributed by atoms with Gasteiger partial charge >= 0.3 is 0 Å². The Hall–Kier alpha value is -4.31. The average Bonchev–Trinajstić information content (AvgIpc) is 3.67. The predicted molar refractivity (Wildman–Crippen MR) is 141 cm³/mol. The Balaban J connectivity index is 1.61. The highest BCUT2D eigenvalue weighted by atomic mass is 16.7. The van der Waals surface area contributed by atoms with E-state index in [9.17, 15) is 9.90 Å². The Kier molecular flexibility index (Phi) is 5.16. The van der Waals surface area contributed by atoms with Gasteiger partial charge in [-0.2, -0.15) is 0 Å². The van der Waals surface area contributed by atoms with Crippen LogP contribution in [0.5, 0.6) is 40.2 Å². The molecule has 0 radical (unpaired) electrons. The molecule has 208 valence electrons. The predicted octanol–water partition coefficient (Wildman–Crippen LogP) is 3.18. The van der Waals surface area contributed by atoms with Crippen molar-refractivity contribution in [1.82, 2.24) is 4.90 Å². The number of ether oxygens (including phenoxy) is 7. The Morgan fingerprint density at radius 2 is 1.65 bits per heavy atom. The number of methoxy groups -OCH3 is 3. The molecular formula is C30H29NO9. The quantitative estimate of drug-likeness (QED) is 0.516. The first kappa shape index (κ1) is 24.7. The van der Waals surface area contributed by atoms with Gasteiger partial charge in [-0.15, -0.1) is 0 Å². The number of rotatable bonds is 5. The van der Waals surface area contributed by atoms with Crippen molar-refractivity contribution in [2.45, 2.75) is 23.2 Å². The van der Waals surface area contributed by atoms with Gasteiger partial charge in [-0.3, -0.25) is 4.79 Å². The third kappa shape index (κ3) is 2.69. The first-order valence-electron chi connectivity index (χ1n) is 12.9. The van der Waals surface area contributed by atoms with Crippen LogP contribution in [0, 0.1) is 5.92 Å². The standard InChI is InChI=1S/C30H29NO9/c1-31(2)28(33)20-21(15-9-7-6-8-10-15)29-16-11-12-17(34-3)24(35-4)23(16)40-30(29,27(20)32)22-18(39-29)13-19-25(26(22)36-5)38-14-37-19/h6-13,20-21,27,32H,14H2,1-5H3. The number of aliphatic hydroxyl groups is 1. The monoisotopic (exact) mass is 547 g/mol. The van der Waals surface area contributed by atoms with Crippen LogP contribution in [-0.4, -0.2) is 64.2 Å². The second kappa shape index (κ2) is 8.34. The van der Waals surface area contributed by atoms with E-state index in [0.29, 0.717) is 51.4 Å². The molecule has 1 saturated carbocycles. The van der Waals surface area contributed by atoms with Gasteiger partial charge in [0.25, 0.3) is 0 Å². The Labute approximate surface area is 230 Å². The molecule has 5 atom stereocenters. The number of carbonyl (C=O) groups is 1. The molecule has 5 unspecified atom stereocenters. The molecule has 3 aromatic rings. The zero-order valence-corrected chi connectivity index (χ0v) is 22.7. The van der Waals surface area contributed by atoms with Crippen LogP contribution in [-0.2, 0) is 16.0 Å². The van der Waals surface area contributed by atoms with Crippen LogP contribution >= 0.6 is 0 Å². The third-order valence-electron chi connectivity index (χ3n) is 8.58. The Morgan fingerprint density at radius 3 is 2.33 bits per heavy atom. The molecule has 4 aliphatic rings. The lowest BCUT2D eigenvalue weighted by molar-refractivity contribution is -0.140. The van der Waals surface area contributed by atoms with E-state index in [-0.39, 0.29) is 12.7 Å². The van der Waals surface area contributed by atoms with Gasteiger partial charge in [0.15, 0.2) is 28.6 Å². The van der Waals surface area contributed by atoms with E-state index in [1.165, 1.54) is 19.1 Å². The molecule has 3 aromatic carbocycles. The minimum absolute atomic E-state index is 0.00969. The van der Waals surface area contributed by atoms with Gasteiger partial charge in [0.1, 0.15) is 11.9 Å². The lowest BCUT2D eigenvalue weighted by atomic mass is 9.71. The number of carbonyl (C=O) groups excluding carboxylic acids is 1. The van der Waals surface area contributed by atoms with Crippen molar-refractivity contribution in [2.24, 2.45) is 5.92 Å². The van der Waals surface area contributed by atoms with Gasteiger partial charge in [0, 0.05) is 31.6 Å². The zero-order chi connectivity index (χ0) is 28.0. The maximum atomic E-state index is 13.9. The van der Waals surface area contributed by atoms with Crippen LogP contribution in [0.3, 0.4) is 0 Å². The van der Waals surface area contributed by atoms with Crippen molar-refractivity contribution >= 4 is 5.91 Å². The summed E-state index contributed by atoms with van der Waals surface area (Å²) in [5, 5.41) is 12.5. The summed E-state index contributed by atoms with van der Waals surface area (Å²) < 4.78 is 42.7. The van der Waals surface area contributed by atoms with Crippen molar-refractivity contribution in [2.75, 3.05) is 42.2 Å². The van der Waals surface area contributed by atoms with Crippen LogP contribution in [0.15, 0.2) is 48.5 Å². The molecule has 1 fully saturated rings. The van der Waals surface area contributed by atoms with E-state index in [0.717, 1.165) is 5.56 Å². The topological polar surface area (TPSA) is 105 Å². The molecule has 10 heteroatoms. The van der Waals surface area contributed by atoms with Gasteiger partial charge in [0.05, 0.1) is 32.8 Å². The van der Waals surface area contributed by atoms with Gasteiger partial charge in [-0.25, -0.2) is 0 Å². The molecule has 0 spiro atoms. The number of hydrogen-bond donors (Lipinski definition) is 1. The fourth-order valence-corrected chi connectivity index (χ4v) is 7.14. The molecule has 0 aromatic heterocycles. The molecule has 0 bridgehead atoms. The summed E-state index contributed by atoms with van der Waals surface area (Å²) in [6, 6.07) is 14.9. The molecule has 3 heterocycles. The van der Waals surface area contributed by atoms with Crippen molar-refractivity contribution in [3.8, 4) is 40.2 Å². The van der Waals surface area contributed by atoms with Crippen LogP contribution in [0.2, 0.25) is 0 Å². The third-order valence-corrected chi connectivity index (χ3v) is 8.58. The molecule has 10 nitrogen and oxygen atoms in total. The van der Waals surface area contributed by atoms with Crippen LogP contribution < -0.4 is 33.2 Å². The largest absolute Gasteiger partial charge is 0.493 e. The second-order valence-electron chi connectivity index (χ2n) is 10.5. The van der Waals surface area contributed by atoms with E-state index in [1.54, 1.807) is 33.3 Å². The van der Waals surface area contributed by atoms with E-state index in [4.69, 9.17) is 33.2 Å². The highest BCUT2D eigenvalue weighted by molar-refractivity contribution is 5.84. The van der Waals surface area contributed by atoms with E-state index in [2.05, 4.69) is 0 Å². The highest BCUT2D eigenvalue weighted by Crippen LogP contribution is 2.77. The van der Waals surface area contributed by atoms with Crippen LogP contribution in [0.25, 0.3) is 0 Å². The Bertz CT molecular complexity index is 1540. The van der Waals surface area contributed by atoms with E-state index < -0.39 is 29.1 Å². The fourth-order valence-electron chi connectivity index (χ4n) is 7.14. The van der Waals surface area contributed by atoms with Crippen LogP contribution in [0.1, 0.15) is 22.6 Å². The molecular weight excluding hydrogens is 518 g/mol. The lowest BCUT2D eigenvalue weighted by Crippen LogP contribution is -2.52. The zero-order valence-electron chi connectivity index (χ0n) is 22.7. The second-order valence-corrected chi connectivity index (χ2v) is 10.5. The molecule has 7 rings (SSSR count). The summed E-state index contributed by atoms with van der Waals surface area (Å²) in [5.74, 6) is 0.881. The van der Waals surface area contributed by atoms with Crippen LogP contribution in [0.4, 0.5) is 0 Å². The number of hydrogen-bond acceptors (Lipinski definition) is 9. The number of fused-ring (bicyclic) bond motifs is 3. The summed E-state index contributed by atoms with van der Waals surface area (Å²) in [6.07, 6.45) is -1.37. The molecule has 3 aliphatic heterocycles. The first-order chi connectivity index (χ1) is 19.3. The molecule has 40 heavy (non-hydrogen) atoms. The maximum Gasteiger partial charge on any atom is 0.231 e. The fraction of sp³-hybridized carbons (Fsp3) is 0.367. The van der Waals surface area contributed by atoms with Gasteiger partial charge in [-0.05, 0) is 17.7 Å². The highest BCUT2D eigenvalue weighted by Gasteiger charge is 2.84. The smallest absolute Gasteiger partial charge is 0.231 e. The van der Waals surface area contributed by atoms with Gasteiger partial charge < -0.3 is 43.2 Å². The van der Waals surface area contributed by atoms with E-state index in [1.807, 2.05) is 36.4 Å². The summed E-state index contributed by atoms with van der Waals surface area (Å²) in [7, 11) is 7.93. The first-order valence-corrected chi connectivity index (χ1v) is 12.9. The minimum Gasteiger partial charge on any atom is -0.493 e. The molecule has 1 aliphatic carbocycles. The Morgan fingerprint density at radius 1 is 0.900 bits per heavy atom. The van der Waals surface area contributed by atoms with Crippen molar-refractivity contribution in [1.29, 1.82) is 0 Å². The summed E-state index contributed by atoms with van der Waals surface area (Å²) >= 11 is 0. The lowest BCUT2D eigenvalue weighted by Gasteiger charge is -2.36. The van der Waals surface area contributed by atoms with E-state index >= 15 is 0 Å². The van der Waals surface area contributed by atoms with Crippen molar-refractivity contribution in [3.05, 3.63) is 65.2 Å². The SMILES string of the molecule is COc1ccc2c(c1OC)OC13c4c(cc5c(c4OC)OCO5)OC21C(c1ccccc1)C(C(=O)N(C)C)C3O. The molecule has 0 saturated heterocycles. The van der Waals surface area contributed by atoms with Crippen molar-refractivity contribution < 1.29 is 43.1 Å². The summed E-state index contributed by atoms with van der Waals surface area (Å²) in [4.78, 5) is 15.4. The number of amides is 1. The maximum absolute atomic E-state index is 13.9. The summed E-state index contributed by atoms with van der Waals surface area (Å²) in [6.45, 7) is 0.00969. The van der Waals surface area contributed by atoms with Gasteiger partial charge in [0.2, 0.25) is 29.8 Å². The number of aliphatic hydroxyl groups excluding tert-OH is 1. The normalized spacial score (nSPS) is 28.0. The molecule has 1 amide bonds. The average molecular weight is 548 g/mol. The van der Waals surface area contributed by atoms with Crippen molar-refractivity contribution in [3.63, 3.8) is 0 Å². The number of nitrogens with zero attached hydrogens (tertiary/aromatic N) is 1. The molecule has 1 N–H and O–H groups in total. The summed E-state index contributed by atoms with van der Waals surface area (Å²) in [5.41, 5.74) is -1.15. The van der Waals surface area contributed by atoms with Gasteiger partial charge in [-0.1, -0.05) is 30.3 Å². The minimum atomic E-state index is -1.62. The number of benzene rings is 3.